The van der Waals surface area contributed by atoms with Crippen molar-refractivity contribution in [1.29, 1.82) is 0 Å². The number of carbonyl (C=O) groups excluding carboxylic acids is 3. The Bertz CT molecular complexity index is 1070. The van der Waals surface area contributed by atoms with Gasteiger partial charge in [-0.25, -0.2) is 9.97 Å². The van der Waals surface area contributed by atoms with E-state index in [2.05, 4.69) is 15.0 Å². The number of H-pyrrole nitrogens is 1. The highest BCUT2D eigenvalue weighted by molar-refractivity contribution is 7.71. The Morgan fingerprint density at radius 1 is 1.00 bits per heavy atom. The van der Waals surface area contributed by atoms with Crippen LogP contribution in [0, 0.1) is 4.64 Å². The summed E-state index contributed by atoms with van der Waals surface area (Å²) in [6.45, 7) is 5.41. The largest absolute Gasteiger partial charge is 0.463 e. The van der Waals surface area contributed by atoms with Crippen molar-refractivity contribution in [2.24, 2.45) is 0 Å². The minimum atomic E-state index is -0.998. The van der Waals surface area contributed by atoms with Crippen molar-refractivity contribution >= 4 is 41.3 Å². The van der Waals surface area contributed by atoms with Gasteiger partial charge in [0.2, 0.25) is 0 Å². The molecule has 1 aliphatic heterocycles. The average molecular weight is 495 g/mol. The van der Waals surface area contributed by atoms with E-state index in [0.717, 1.165) is 0 Å². The first-order valence-electron chi connectivity index (χ1n) is 11.5. The second kappa shape index (κ2) is 12.0. The van der Waals surface area contributed by atoms with Crippen LogP contribution in [0.3, 0.4) is 0 Å². The summed E-state index contributed by atoms with van der Waals surface area (Å²) in [5.41, 5.74) is 0.945. The number of fused-ring (bicyclic) bond motifs is 1. The lowest BCUT2D eigenvalue weighted by Gasteiger charge is -2.24. The molecule has 2 aromatic heterocycles. The zero-order valence-corrected chi connectivity index (χ0v) is 20.3. The maximum Gasteiger partial charge on any atom is 0.306 e. The minimum Gasteiger partial charge on any atom is -0.463 e. The third kappa shape index (κ3) is 5.98. The highest BCUT2D eigenvalue weighted by atomic mass is 32.1. The Labute approximate surface area is 202 Å². The number of ether oxygens (including phenoxy) is 4. The van der Waals surface area contributed by atoms with E-state index < -0.39 is 42.4 Å². The van der Waals surface area contributed by atoms with E-state index in [9.17, 15) is 14.4 Å². The van der Waals surface area contributed by atoms with Gasteiger partial charge in [0.1, 0.15) is 23.9 Å². The molecule has 3 heterocycles. The number of aromatic nitrogens is 4. The molecule has 0 bridgehead atoms. The lowest BCUT2D eigenvalue weighted by Crippen LogP contribution is -2.41. The summed E-state index contributed by atoms with van der Waals surface area (Å²) in [6, 6.07) is 0. The van der Waals surface area contributed by atoms with Gasteiger partial charge in [0.25, 0.3) is 0 Å². The first-order valence-corrected chi connectivity index (χ1v) is 11.9. The minimum absolute atomic E-state index is 0.161. The SMILES string of the molecule is CCCC(=O)OC[C@@H]1O[C@@H](n2cnc3c(=S)nc[nH]c32)[C@@H](OC(=O)CCC)[C@@H]1OC(=O)CCC. The maximum atomic E-state index is 12.5. The molecule has 11 nitrogen and oxygen atoms in total. The Hall–Kier alpha value is -2.86. The number of hydrogen-bond donors (Lipinski definition) is 1. The van der Waals surface area contributed by atoms with Crippen LogP contribution >= 0.6 is 12.2 Å². The van der Waals surface area contributed by atoms with Crippen molar-refractivity contribution in [2.75, 3.05) is 6.61 Å². The fourth-order valence-electron chi connectivity index (χ4n) is 3.68. The molecule has 0 aromatic carbocycles. The Morgan fingerprint density at radius 3 is 2.26 bits per heavy atom. The van der Waals surface area contributed by atoms with Crippen LogP contribution in [0.15, 0.2) is 12.7 Å². The highest BCUT2D eigenvalue weighted by Gasteiger charge is 2.51. The molecule has 0 spiro atoms. The number of esters is 3. The summed E-state index contributed by atoms with van der Waals surface area (Å²) in [5, 5.41) is 0. The number of nitrogens with one attached hydrogen (secondary N) is 1. The second-order valence-corrected chi connectivity index (χ2v) is 8.35. The number of rotatable bonds is 11. The highest BCUT2D eigenvalue weighted by Crippen LogP contribution is 2.36. The molecule has 0 radical (unpaired) electrons. The van der Waals surface area contributed by atoms with Gasteiger partial charge in [0.05, 0.1) is 12.7 Å². The monoisotopic (exact) mass is 494 g/mol. The number of carbonyl (C=O) groups is 3. The van der Waals surface area contributed by atoms with Gasteiger partial charge in [-0.15, -0.1) is 0 Å². The molecule has 0 unspecified atom stereocenters. The van der Waals surface area contributed by atoms with E-state index in [0.29, 0.717) is 35.1 Å². The van der Waals surface area contributed by atoms with Crippen LogP contribution in [-0.4, -0.2) is 62.3 Å². The van der Waals surface area contributed by atoms with Gasteiger partial charge in [0, 0.05) is 19.3 Å². The van der Waals surface area contributed by atoms with Gasteiger partial charge in [-0.05, 0) is 19.3 Å². The van der Waals surface area contributed by atoms with Gasteiger partial charge in [-0.2, -0.15) is 0 Å². The number of hydrogen-bond acceptors (Lipinski definition) is 10. The van der Waals surface area contributed by atoms with Crippen molar-refractivity contribution in [1.82, 2.24) is 19.5 Å². The summed E-state index contributed by atoms with van der Waals surface area (Å²) in [4.78, 5) is 48.2. The molecule has 2 aromatic rings. The van der Waals surface area contributed by atoms with E-state index in [1.54, 1.807) is 4.57 Å². The van der Waals surface area contributed by atoms with Crippen LogP contribution in [-0.2, 0) is 33.3 Å². The first kappa shape index (κ1) is 25.8. The summed E-state index contributed by atoms with van der Waals surface area (Å²) in [7, 11) is 0. The van der Waals surface area contributed by atoms with E-state index in [-0.39, 0.29) is 25.9 Å². The molecular formula is C22H30N4O7S. The fourth-order valence-corrected chi connectivity index (χ4v) is 3.88. The predicted octanol–water partition coefficient (Wildman–Crippen LogP) is 3.15. The van der Waals surface area contributed by atoms with Crippen LogP contribution in [0.25, 0.3) is 11.2 Å². The quantitative estimate of drug-likeness (QED) is 0.282. The number of imidazole rings is 1. The van der Waals surface area contributed by atoms with E-state index >= 15 is 0 Å². The van der Waals surface area contributed by atoms with Crippen molar-refractivity contribution in [3.63, 3.8) is 0 Å². The normalized spacial score (nSPS) is 22.0. The summed E-state index contributed by atoms with van der Waals surface area (Å²) >= 11 is 5.24. The zero-order chi connectivity index (χ0) is 24.7. The molecular weight excluding hydrogens is 464 g/mol. The van der Waals surface area contributed by atoms with E-state index in [4.69, 9.17) is 31.2 Å². The van der Waals surface area contributed by atoms with Crippen LogP contribution in [0.5, 0.6) is 0 Å². The summed E-state index contributed by atoms with van der Waals surface area (Å²) < 4.78 is 24.9. The van der Waals surface area contributed by atoms with Gasteiger partial charge >= 0.3 is 17.9 Å². The molecule has 1 saturated heterocycles. The standard InChI is InChI=1S/C22H30N4O7S/c1-4-7-14(27)30-10-13-18(32-15(28)8-5-2)19(33-16(29)9-6-3)22(31-13)26-12-25-17-20(26)23-11-24-21(17)34/h11-13,18-19,22H,4-10H2,1-3H3,(H,23,24,34)/t13-,18+,19-,22+/m0/s1. The molecule has 1 aliphatic rings. The van der Waals surface area contributed by atoms with Crippen LogP contribution in [0.1, 0.15) is 65.5 Å². The third-order valence-corrected chi connectivity index (χ3v) is 5.54. The maximum absolute atomic E-state index is 12.5. The molecule has 0 amide bonds. The van der Waals surface area contributed by atoms with E-state index in [1.165, 1.54) is 12.7 Å². The summed E-state index contributed by atoms with van der Waals surface area (Å²) in [5.74, 6) is -1.31. The topological polar surface area (TPSA) is 135 Å². The molecule has 34 heavy (non-hydrogen) atoms. The van der Waals surface area contributed by atoms with Crippen LogP contribution < -0.4 is 0 Å². The van der Waals surface area contributed by atoms with Gasteiger partial charge in [0.15, 0.2) is 23.1 Å². The van der Waals surface area contributed by atoms with E-state index in [1.807, 2.05) is 20.8 Å². The first-order chi connectivity index (χ1) is 16.4. The molecule has 0 aliphatic carbocycles. The van der Waals surface area contributed by atoms with Crippen LogP contribution in [0.4, 0.5) is 0 Å². The molecule has 12 heteroatoms. The van der Waals surface area contributed by atoms with Crippen LogP contribution in [0.2, 0.25) is 0 Å². The van der Waals surface area contributed by atoms with Crippen molar-refractivity contribution in [2.45, 2.75) is 83.8 Å². The molecule has 1 fully saturated rings. The molecule has 1 N–H and O–H groups in total. The Kier molecular flexibility index (Phi) is 9.11. The zero-order valence-electron chi connectivity index (χ0n) is 19.5. The smallest absolute Gasteiger partial charge is 0.306 e. The lowest BCUT2D eigenvalue weighted by molar-refractivity contribution is -0.169. The predicted molar refractivity (Wildman–Crippen MR) is 122 cm³/mol. The molecule has 186 valence electrons. The van der Waals surface area contributed by atoms with Crippen molar-refractivity contribution < 1.29 is 33.3 Å². The lowest BCUT2D eigenvalue weighted by atomic mass is 10.1. The molecule has 4 atom stereocenters. The average Bonchev–Trinajstić information content (AvgIpc) is 3.36. The second-order valence-electron chi connectivity index (χ2n) is 7.96. The summed E-state index contributed by atoms with van der Waals surface area (Å²) in [6.07, 6.45) is 1.60. The van der Waals surface area contributed by atoms with Crippen molar-refractivity contribution in [3.05, 3.63) is 17.3 Å². The Balaban J connectivity index is 1.97. The van der Waals surface area contributed by atoms with Gasteiger partial charge < -0.3 is 23.9 Å². The Morgan fingerprint density at radius 2 is 1.62 bits per heavy atom. The van der Waals surface area contributed by atoms with Gasteiger partial charge in [-0.1, -0.05) is 33.0 Å². The molecule has 0 saturated carbocycles. The number of nitrogens with zero attached hydrogens (tertiary/aromatic N) is 3. The third-order valence-electron chi connectivity index (χ3n) is 5.25. The molecule has 3 rings (SSSR count). The van der Waals surface area contributed by atoms with Crippen molar-refractivity contribution in [3.8, 4) is 0 Å². The number of aromatic amines is 1. The van der Waals surface area contributed by atoms with Gasteiger partial charge in [-0.3, -0.25) is 19.0 Å². The fraction of sp³-hybridized carbons (Fsp3) is 0.636.